The van der Waals surface area contributed by atoms with Gasteiger partial charge in [0.25, 0.3) is 0 Å². The predicted octanol–water partition coefficient (Wildman–Crippen LogP) is 5.15. The summed E-state index contributed by atoms with van der Waals surface area (Å²) in [5, 5.41) is 0.969. The minimum atomic E-state index is -0.183. The Morgan fingerprint density at radius 3 is 2.53 bits per heavy atom. The first-order chi connectivity index (χ1) is 15.6. The van der Waals surface area contributed by atoms with Gasteiger partial charge in [0.05, 0.1) is 10.9 Å². The van der Waals surface area contributed by atoms with Crippen molar-refractivity contribution in [1.29, 1.82) is 0 Å². The highest BCUT2D eigenvalue weighted by Crippen LogP contribution is 2.34. The fourth-order valence-corrected chi connectivity index (χ4v) is 3.60. The normalized spacial score (nSPS) is 12.5. The quantitative estimate of drug-likeness (QED) is 0.393. The molecule has 7 heteroatoms. The monoisotopic (exact) mass is 448 g/mol. The molecule has 2 heterocycles. The molecule has 3 aromatic carbocycles. The Hall–Kier alpha value is -3.77. The zero-order valence-electron chi connectivity index (χ0n) is 16.8. The van der Waals surface area contributed by atoms with Crippen LogP contribution in [0.25, 0.3) is 22.1 Å². The first kappa shape index (κ1) is 20.2. The second-order valence-electron chi connectivity index (χ2n) is 7.21. The lowest BCUT2D eigenvalue weighted by atomic mass is 10.0. The van der Waals surface area contributed by atoms with Crippen molar-refractivity contribution in [2.45, 2.75) is 0 Å². The summed E-state index contributed by atoms with van der Waals surface area (Å²) in [5.41, 5.74) is 1.80. The standard InChI is InChI=1S/C25H17ClO6/c26-17-4-1-15(2-5-17)21(27)14-31-18-6-7-19-23(12-18)32-13-20(25(19)28)16-3-8-22-24(11-16)30-10-9-29-22/h1-8,11-13H,9-10,14H2. The molecule has 0 N–H and O–H groups in total. The first-order valence-electron chi connectivity index (χ1n) is 9.96. The smallest absolute Gasteiger partial charge is 0.200 e. The van der Waals surface area contributed by atoms with Gasteiger partial charge in [-0.2, -0.15) is 0 Å². The molecule has 0 spiro atoms. The van der Waals surface area contributed by atoms with Gasteiger partial charge in [-0.05, 0) is 54.1 Å². The van der Waals surface area contributed by atoms with Crippen LogP contribution in [0.2, 0.25) is 5.02 Å². The topological polar surface area (TPSA) is 75.0 Å². The molecule has 1 aromatic heterocycles. The Balaban J connectivity index is 1.38. The predicted molar refractivity (Wildman–Crippen MR) is 120 cm³/mol. The molecule has 1 aliphatic heterocycles. The van der Waals surface area contributed by atoms with Gasteiger partial charge in [-0.15, -0.1) is 0 Å². The minimum Gasteiger partial charge on any atom is -0.486 e. The van der Waals surface area contributed by atoms with Crippen LogP contribution < -0.4 is 19.6 Å². The highest BCUT2D eigenvalue weighted by molar-refractivity contribution is 6.30. The van der Waals surface area contributed by atoms with E-state index in [9.17, 15) is 9.59 Å². The molecule has 5 rings (SSSR count). The largest absolute Gasteiger partial charge is 0.486 e. The van der Waals surface area contributed by atoms with Crippen LogP contribution in [0.5, 0.6) is 17.2 Å². The van der Waals surface area contributed by atoms with E-state index in [2.05, 4.69) is 0 Å². The summed E-state index contributed by atoms with van der Waals surface area (Å²) in [6.07, 6.45) is 1.42. The van der Waals surface area contributed by atoms with E-state index >= 15 is 0 Å². The van der Waals surface area contributed by atoms with Crippen LogP contribution in [0, 0.1) is 0 Å². The van der Waals surface area contributed by atoms with Gasteiger partial charge in [-0.3, -0.25) is 9.59 Å². The van der Waals surface area contributed by atoms with Gasteiger partial charge in [0, 0.05) is 16.7 Å². The van der Waals surface area contributed by atoms with Gasteiger partial charge in [0.1, 0.15) is 30.8 Å². The molecule has 6 nitrogen and oxygen atoms in total. The van der Waals surface area contributed by atoms with Gasteiger partial charge < -0.3 is 18.6 Å². The summed E-state index contributed by atoms with van der Waals surface area (Å²) >= 11 is 5.85. The number of benzene rings is 3. The van der Waals surface area contributed by atoms with E-state index in [1.165, 1.54) is 6.26 Å². The Bertz CT molecular complexity index is 1370. The molecular weight excluding hydrogens is 432 g/mol. The number of hydrogen-bond donors (Lipinski definition) is 0. The van der Waals surface area contributed by atoms with Crippen molar-refractivity contribution in [2.75, 3.05) is 19.8 Å². The van der Waals surface area contributed by atoms with E-state index in [0.717, 1.165) is 0 Å². The average Bonchev–Trinajstić information content (AvgIpc) is 2.83. The highest BCUT2D eigenvalue weighted by atomic mass is 35.5. The second-order valence-corrected chi connectivity index (χ2v) is 7.65. The van der Waals surface area contributed by atoms with Crippen LogP contribution >= 0.6 is 11.6 Å². The molecule has 0 aliphatic carbocycles. The van der Waals surface area contributed by atoms with E-state index in [-0.39, 0.29) is 17.8 Å². The molecule has 32 heavy (non-hydrogen) atoms. The number of carbonyl (C=O) groups is 1. The number of halogens is 1. The van der Waals surface area contributed by atoms with Crippen molar-refractivity contribution < 1.29 is 23.4 Å². The Kier molecular flexibility index (Phi) is 5.29. The molecule has 160 valence electrons. The molecule has 0 unspecified atom stereocenters. The van der Waals surface area contributed by atoms with Crippen LogP contribution in [-0.4, -0.2) is 25.6 Å². The zero-order chi connectivity index (χ0) is 22.1. The zero-order valence-corrected chi connectivity index (χ0v) is 17.6. The molecule has 0 fully saturated rings. The van der Waals surface area contributed by atoms with E-state index in [1.54, 1.807) is 60.7 Å². The molecule has 0 amide bonds. The summed E-state index contributed by atoms with van der Waals surface area (Å²) in [5.74, 6) is 1.50. The summed E-state index contributed by atoms with van der Waals surface area (Å²) in [6.45, 7) is 0.818. The molecular formula is C25H17ClO6. The number of rotatable bonds is 5. The maximum Gasteiger partial charge on any atom is 0.200 e. The number of hydrogen-bond acceptors (Lipinski definition) is 6. The summed E-state index contributed by atoms with van der Waals surface area (Å²) in [4.78, 5) is 25.3. The van der Waals surface area contributed by atoms with Crippen LogP contribution in [0.4, 0.5) is 0 Å². The fourth-order valence-electron chi connectivity index (χ4n) is 3.48. The van der Waals surface area contributed by atoms with Crippen molar-refractivity contribution in [2.24, 2.45) is 0 Å². The third-order valence-electron chi connectivity index (χ3n) is 5.14. The van der Waals surface area contributed by atoms with Crippen molar-refractivity contribution in [3.63, 3.8) is 0 Å². The molecule has 0 bridgehead atoms. The third-order valence-corrected chi connectivity index (χ3v) is 5.39. The minimum absolute atomic E-state index is 0.146. The number of Topliss-reactive ketones (excluding diaryl/α,β-unsaturated/α-hetero) is 1. The number of ketones is 1. The number of ether oxygens (including phenoxy) is 3. The van der Waals surface area contributed by atoms with E-state index < -0.39 is 0 Å². The van der Waals surface area contributed by atoms with Crippen molar-refractivity contribution in [3.05, 3.63) is 87.7 Å². The third kappa shape index (κ3) is 3.92. The van der Waals surface area contributed by atoms with Crippen LogP contribution in [0.3, 0.4) is 0 Å². The SMILES string of the molecule is O=C(COc1ccc2c(=O)c(-c3ccc4c(c3)OCCO4)coc2c1)c1ccc(Cl)cc1. The number of carbonyl (C=O) groups excluding carboxylic acids is 1. The summed E-state index contributed by atoms with van der Waals surface area (Å²) in [7, 11) is 0. The molecule has 0 saturated heterocycles. The lowest BCUT2D eigenvalue weighted by Crippen LogP contribution is -2.15. The van der Waals surface area contributed by atoms with Gasteiger partial charge in [-0.1, -0.05) is 17.7 Å². The molecule has 1 aliphatic rings. The van der Waals surface area contributed by atoms with Gasteiger partial charge >= 0.3 is 0 Å². The maximum absolute atomic E-state index is 13.0. The van der Waals surface area contributed by atoms with Crippen LogP contribution in [0.1, 0.15) is 10.4 Å². The fraction of sp³-hybridized carbons (Fsp3) is 0.120. The van der Waals surface area contributed by atoms with E-state index in [4.69, 9.17) is 30.2 Å². The van der Waals surface area contributed by atoms with Crippen molar-refractivity contribution in [3.8, 4) is 28.4 Å². The summed E-state index contributed by atoms with van der Waals surface area (Å²) in [6, 6.07) is 16.8. The van der Waals surface area contributed by atoms with E-state index in [0.29, 0.717) is 63.1 Å². The lowest BCUT2D eigenvalue weighted by Gasteiger charge is -2.18. The van der Waals surface area contributed by atoms with Crippen LogP contribution in [-0.2, 0) is 0 Å². The van der Waals surface area contributed by atoms with Gasteiger partial charge in [0.15, 0.2) is 29.3 Å². The second kappa shape index (κ2) is 8.40. The van der Waals surface area contributed by atoms with E-state index in [1.807, 2.05) is 0 Å². The molecule has 0 atom stereocenters. The average molecular weight is 449 g/mol. The summed E-state index contributed by atoms with van der Waals surface area (Å²) < 4.78 is 22.5. The Morgan fingerprint density at radius 1 is 0.938 bits per heavy atom. The van der Waals surface area contributed by atoms with Crippen LogP contribution in [0.15, 0.2) is 76.1 Å². The van der Waals surface area contributed by atoms with Gasteiger partial charge in [-0.25, -0.2) is 0 Å². The first-order valence-corrected chi connectivity index (χ1v) is 10.3. The van der Waals surface area contributed by atoms with Gasteiger partial charge in [0.2, 0.25) is 0 Å². The van der Waals surface area contributed by atoms with Crippen molar-refractivity contribution >= 4 is 28.4 Å². The van der Waals surface area contributed by atoms with Crippen molar-refractivity contribution in [1.82, 2.24) is 0 Å². The molecule has 0 saturated carbocycles. The molecule has 0 radical (unpaired) electrons. The maximum atomic E-state index is 13.0. The molecule has 4 aromatic rings. The number of fused-ring (bicyclic) bond motifs is 2. The highest BCUT2D eigenvalue weighted by Gasteiger charge is 2.16. The lowest BCUT2D eigenvalue weighted by molar-refractivity contribution is 0.0921. The Labute approximate surface area is 187 Å². The Morgan fingerprint density at radius 2 is 1.72 bits per heavy atom.